The Bertz CT molecular complexity index is 1480. The molecule has 0 unspecified atom stereocenters. The van der Waals surface area contributed by atoms with Gasteiger partial charge >= 0.3 is 0 Å². The standard InChI is InChI=1S/C26H23FN2O4S/c1-4-14-29(34(3,31)32)22-16-23-21(15-20(22)17-8-6-5-7-9-17)24(26(30)28-2)25(33-23)18-10-12-19(27)13-11-18/h4-13,15-16H,1,14H2,2-3H3,(H,28,30). The van der Waals surface area contributed by atoms with Crippen LogP contribution in [0.4, 0.5) is 10.1 Å². The van der Waals surface area contributed by atoms with Gasteiger partial charge in [-0.05, 0) is 35.9 Å². The summed E-state index contributed by atoms with van der Waals surface area (Å²) in [6.45, 7) is 3.74. The highest BCUT2D eigenvalue weighted by atomic mass is 32.2. The van der Waals surface area contributed by atoms with Crippen molar-refractivity contribution < 1.29 is 22.0 Å². The Hall–Kier alpha value is -3.91. The Balaban J connectivity index is 2.09. The van der Waals surface area contributed by atoms with E-state index in [2.05, 4.69) is 11.9 Å². The van der Waals surface area contributed by atoms with Gasteiger partial charge in [-0.15, -0.1) is 6.58 Å². The van der Waals surface area contributed by atoms with Crippen LogP contribution in [0.15, 0.2) is 83.8 Å². The van der Waals surface area contributed by atoms with E-state index in [9.17, 15) is 17.6 Å². The molecule has 3 aromatic carbocycles. The minimum Gasteiger partial charge on any atom is -0.455 e. The maximum absolute atomic E-state index is 13.5. The molecule has 4 aromatic rings. The smallest absolute Gasteiger partial charge is 0.255 e. The number of benzene rings is 3. The van der Waals surface area contributed by atoms with E-state index in [1.807, 2.05) is 30.3 Å². The van der Waals surface area contributed by atoms with Crippen LogP contribution in [-0.4, -0.2) is 34.2 Å². The molecule has 0 saturated heterocycles. The zero-order valence-electron chi connectivity index (χ0n) is 18.7. The fourth-order valence-corrected chi connectivity index (χ4v) is 4.76. The molecule has 0 aliphatic heterocycles. The molecule has 0 atom stereocenters. The maximum Gasteiger partial charge on any atom is 0.255 e. The Morgan fingerprint density at radius 3 is 2.35 bits per heavy atom. The average molecular weight is 479 g/mol. The summed E-state index contributed by atoms with van der Waals surface area (Å²) in [6.07, 6.45) is 2.62. The van der Waals surface area contributed by atoms with Crippen LogP contribution in [0.5, 0.6) is 0 Å². The molecule has 0 radical (unpaired) electrons. The number of halogens is 1. The first kappa shape index (κ1) is 23.3. The molecule has 0 saturated carbocycles. The number of amides is 1. The number of furan rings is 1. The number of nitrogens with one attached hydrogen (secondary N) is 1. The molecule has 1 aromatic heterocycles. The average Bonchev–Trinajstić information content (AvgIpc) is 3.20. The normalized spacial score (nSPS) is 11.4. The summed E-state index contributed by atoms with van der Waals surface area (Å²) in [5, 5.41) is 3.14. The molecule has 0 bridgehead atoms. The number of hydrogen-bond acceptors (Lipinski definition) is 4. The van der Waals surface area contributed by atoms with Gasteiger partial charge in [-0.3, -0.25) is 9.10 Å². The number of fused-ring (bicyclic) bond motifs is 1. The first-order valence-electron chi connectivity index (χ1n) is 10.5. The Morgan fingerprint density at radius 2 is 1.76 bits per heavy atom. The van der Waals surface area contributed by atoms with Crippen LogP contribution in [0.3, 0.4) is 0 Å². The fraction of sp³-hybridized carbons (Fsp3) is 0.115. The van der Waals surface area contributed by atoms with Crippen LogP contribution >= 0.6 is 0 Å². The van der Waals surface area contributed by atoms with E-state index in [0.29, 0.717) is 27.8 Å². The van der Waals surface area contributed by atoms with Crippen LogP contribution < -0.4 is 9.62 Å². The highest BCUT2D eigenvalue weighted by Crippen LogP contribution is 2.41. The lowest BCUT2D eigenvalue weighted by molar-refractivity contribution is 0.0964. The third-order valence-corrected chi connectivity index (χ3v) is 6.56. The second-order valence-corrected chi connectivity index (χ2v) is 9.61. The molecule has 4 rings (SSSR count). The van der Waals surface area contributed by atoms with Gasteiger partial charge in [0.2, 0.25) is 10.0 Å². The summed E-state index contributed by atoms with van der Waals surface area (Å²) in [4.78, 5) is 12.9. The molecule has 0 fully saturated rings. The predicted octanol–water partition coefficient (Wildman–Crippen LogP) is 5.22. The molecule has 34 heavy (non-hydrogen) atoms. The quantitative estimate of drug-likeness (QED) is 0.370. The fourth-order valence-electron chi connectivity index (χ4n) is 3.87. The SMILES string of the molecule is C=CCN(c1cc2oc(-c3ccc(F)cc3)c(C(=O)NC)c2cc1-c1ccccc1)S(C)(=O)=O. The maximum atomic E-state index is 13.5. The van der Waals surface area contributed by atoms with E-state index >= 15 is 0 Å². The highest BCUT2D eigenvalue weighted by molar-refractivity contribution is 7.92. The summed E-state index contributed by atoms with van der Waals surface area (Å²) in [7, 11) is -2.15. The van der Waals surface area contributed by atoms with E-state index in [4.69, 9.17) is 4.42 Å². The molecule has 1 amide bonds. The molecular formula is C26H23FN2O4S. The monoisotopic (exact) mass is 478 g/mol. The van der Waals surface area contributed by atoms with E-state index in [1.165, 1.54) is 41.7 Å². The lowest BCUT2D eigenvalue weighted by Gasteiger charge is -2.24. The molecule has 174 valence electrons. The van der Waals surface area contributed by atoms with Gasteiger partial charge in [0.15, 0.2) is 0 Å². The van der Waals surface area contributed by atoms with E-state index in [-0.39, 0.29) is 23.8 Å². The van der Waals surface area contributed by atoms with E-state index in [1.54, 1.807) is 12.1 Å². The molecule has 0 spiro atoms. The van der Waals surface area contributed by atoms with Crippen molar-refractivity contribution in [2.75, 3.05) is 24.2 Å². The van der Waals surface area contributed by atoms with E-state index in [0.717, 1.165) is 11.8 Å². The lowest BCUT2D eigenvalue weighted by Crippen LogP contribution is -2.30. The van der Waals surface area contributed by atoms with Crippen molar-refractivity contribution in [2.45, 2.75) is 0 Å². The Labute approximate surface area is 197 Å². The molecule has 6 nitrogen and oxygen atoms in total. The van der Waals surface area contributed by atoms with Crippen molar-refractivity contribution in [3.8, 4) is 22.5 Å². The number of rotatable bonds is 7. The number of sulfonamides is 1. The second kappa shape index (κ2) is 9.15. The topological polar surface area (TPSA) is 79.6 Å². The Morgan fingerprint density at radius 1 is 1.09 bits per heavy atom. The van der Waals surface area contributed by atoms with Gasteiger partial charge in [0.05, 0.1) is 24.1 Å². The van der Waals surface area contributed by atoms with Crippen LogP contribution in [0.2, 0.25) is 0 Å². The molecule has 8 heteroatoms. The minimum atomic E-state index is -3.66. The predicted molar refractivity (Wildman–Crippen MR) is 133 cm³/mol. The first-order chi connectivity index (χ1) is 16.2. The number of nitrogens with zero attached hydrogens (tertiary/aromatic N) is 1. The molecular weight excluding hydrogens is 455 g/mol. The zero-order valence-corrected chi connectivity index (χ0v) is 19.5. The zero-order chi connectivity index (χ0) is 24.5. The summed E-state index contributed by atoms with van der Waals surface area (Å²) >= 11 is 0. The first-order valence-corrected chi connectivity index (χ1v) is 12.3. The van der Waals surface area contributed by atoms with Crippen molar-refractivity contribution >= 4 is 32.6 Å². The summed E-state index contributed by atoms with van der Waals surface area (Å²) < 4.78 is 46.2. The third kappa shape index (κ3) is 4.32. The number of anilines is 1. The third-order valence-electron chi connectivity index (χ3n) is 5.42. The van der Waals surface area contributed by atoms with Crippen LogP contribution in [0.25, 0.3) is 33.4 Å². The van der Waals surface area contributed by atoms with Crippen molar-refractivity contribution in [2.24, 2.45) is 0 Å². The van der Waals surface area contributed by atoms with Gasteiger partial charge in [-0.2, -0.15) is 0 Å². The lowest BCUT2D eigenvalue weighted by atomic mass is 9.98. The van der Waals surface area contributed by atoms with Crippen LogP contribution in [0.1, 0.15) is 10.4 Å². The van der Waals surface area contributed by atoms with Crippen LogP contribution in [-0.2, 0) is 10.0 Å². The number of carbonyl (C=O) groups is 1. The van der Waals surface area contributed by atoms with Crippen molar-refractivity contribution in [3.63, 3.8) is 0 Å². The van der Waals surface area contributed by atoms with Crippen molar-refractivity contribution in [3.05, 3.63) is 90.8 Å². The van der Waals surface area contributed by atoms with Gasteiger partial charge in [0.25, 0.3) is 5.91 Å². The van der Waals surface area contributed by atoms with Gasteiger partial charge < -0.3 is 9.73 Å². The van der Waals surface area contributed by atoms with Gasteiger partial charge in [-0.25, -0.2) is 12.8 Å². The molecule has 1 heterocycles. The van der Waals surface area contributed by atoms with Crippen molar-refractivity contribution in [1.82, 2.24) is 5.32 Å². The molecule has 0 aliphatic rings. The van der Waals surface area contributed by atoms with Gasteiger partial charge in [-0.1, -0.05) is 36.4 Å². The summed E-state index contributed by atoms with van der Waals surface area (Å²) in [5.74, 6) is -0.528. The van der Waals surface area contributed by atoms with E-state index < -0.39 is 15.8 Å². The van der Waals surface area contributed by atoms with Crippen molar-refractivity contribution in [1.29, 1.82) is 0 Å². The van der Waals surface area contributed by atoms with Gasteiger partial charge in [0, 0.05) is 29.6 Å². The second-order valence-electron chi connectivity index (χ2n) is 7.71. The highest BCUT2D eigenvalue weighted by Gasteiger charge is 2.26. The number of carbonyl (C=O) groups excluding carboxylic acids is 1. The Kier molecular flexibility index (Phi) is 6.26. The summed E-state index contributed by atoms with van der Waals surface area (Å²) in [5.41, 5.74) is 2.89. The minimum absolute atomic E-state index is 0.0536. The summed E-state index contributed by atoms with van der Waals surface area (Å²) in [6, 6.07) is 18.3. The number of hydrogen-bond donors (Lipinski definition) is 1. The molecule has 0 aliphatic carbocycles. The van der Waals surface area contributed by atoms with Gasteiger partial charge in [0.1, 0.15) is 17.2 Å². The van der Waals surface area contributed by atoms with Crippen LogP contribution in [0, 0.1) is 5.82 Å². The molecule has 1 N–H and O–H groups in total. The largest absolute Gasteiger partial charge is 0.455 e.